The van der Waals surface area contributed by atoms with Crippen molar-refractivity contribution in [2.45, 2.75) is 19.4 Å². The molecule has 3 rings (SSSR count). The molecule has 5 nitrogen and oxygen atoms in total. The molecule has 1 heterocycles. The first-order chi connectivity index (χ1) is 13.4. The summed E-state index contributed by atoms with van der Waals surface area (Å²) in [5.41, 5.74) is 1.99. The Hall–Kier alpha value is -2.15. The molecule has 1 amide bonds. The van der Waals surface area contributed by atoms with E-state index in [2.05, 4.69) is 26.2 Å². The van der Waals surface area contributed by atoms with Gasteiger partial charge >= 0.3 is 5.97 Å². The van der Waals surface area contributed by atoms with Crippen LogP contribution in [0.15, 0.2) is 53.1 Å². The summed E-state index contributed by atoms with van der Waals surface area (Å²) in [6, 6.07) is 12.3. The number of halogens is 3. The molecule has 0 fully saturated rings. The molecule has 0 radical (unpaired) electrons. The van der Waals surface area contributed by atoms with Gasteiger partial charge < -0.3 is 10.1 Å². The van der Waals surface area contributed by atoms with Crippen LogP contribution < -0.4 is 5.32 Å². The topological polar surface area (TPSA) is 68.3 Å². The summed E-state index contributed by atoms with van der Waals surface area (Å²) in [7, 11) is 0. The molecular formula is C20H15BrCl2N2O3. The third-order valence-corrected chi connectivity index (χ3v) is 5.36. The van der Waals surface area contributed by atoms with Crippen LogP contribution in [0.3, 0.4) is 0 Å². The number of carbonyl (C=O) groups is 2. The zero-order valence-electron chi connectivity index (χ0n) is 14.5. The fourth-order valence-corrected chi connectivity index (χ4v) is 3.31. The summed E-state index contributed by atoms with van der Waals surface area (Å²) in [5, 5.41) is 4.51. The van der Waals surface area contributed by atoms with Crippen LogP contribution >= 0.6 is 39.1 Å². The number of fused-ring (bicyclic) bond motifs is 1. The molecule has 0 atom stereocenters. The van der Waals surface area contributed by atoms with Gasteiger partial charge in [0.25, 0.3) is 0 Å². The lowest BCUT2D eigenvalue weighted by atomic mass is 10.2. The molecule has 8 heteroatoms. The number of benzene rings is 2. The number of aromatic nitrogens is 1. The average molecular weight is 482 g/mol. The van der Waals surface area contributed by atoms with Crippen molar-refractivity contribution in [1.82, 2.24) is 4.98 Å². The van der Waals surface area contributed by atoms with Gasteiger partial charge in [-0.1, -0.05) is 51.3 Å². The van der Waals surface area contributed by atoms with E-state index in [9.17, 15) is 9.59 Å². The van der Waals surface area contributed by atoms with Crippen molar-refractivity contribution < 1.29 is 14.3 Å². The molecule has 0 aliphatic carbocycles. The van der Waals surface area contributed by atoms with E-state index < -0.39 is 5.97 Å². The zero-order chi connectivity index (χ0) is 20.1. The van der Waals surface area contributed by atoms with Crippen LogP contribution in [0.5, 0.6) is 0 Å². The smallest absolute Gasteiger partial charge is 0.306 e. The van der Waals surface area contributed by atoms with E-state index in [-0.39, 0.29) is 25.4 Å². The van der Waals surface area contributed by atoms with Gasteiger partial charge in [0.2, 0.25) is 5.91 Å². The number of anilines is 1. The molecule has 0 unspecified atom stereocenters. The lowest BCUT2D eigenvalue weighted by Crippen LogP contribution is -2.15. The molecule has 1 N–H and O–H groups in total. The highest BCUT2D eigenvalue weighted by atomic mass is 79.9. The minimum absolute atomic E-state index is 0.00456. The van der Waals surface area contributed by atoms with Gasteiger partial charge in [-0.3, -0.25) is 14.6 Å². The Morgan fingerprint density at radius 3 is 2.68 bits per heavy atom. The second-order valence-electron chi connectivity index (χ2n) is 5.95. The van der Waals surface area contributed by atoms with Crippen molar-refractivity contribution in [3.8, 4) is 0 Å². The van der Waals surface area contributed by atoms with Gasteiger partial charge in [-0.05, 0) is 35.9 Å². The second kappa shape index (κ2) is 9.37. The molecule has 0 spiro atoms. The van der Waals surface area contributed by atoms with Crippen LogP contribution in [0.1, 0.15) is 18.4 Å². The molecular weight excluding hydrogens is 467 g/mol. The minimum atomic E-state index is -0.472. The fourth-order valence-electron chi connectivity index (χ4n) is 2.53. The SMILES string of the molecule is O=C(CCC(=O)OCc1ccc(Cl)c(Cl)c1)Nc1ccc(Br)c2cccnc12. The Labute approximate surface area is 180 Å². The van der Waals surface area contributed by atoms with Crippen molar-refractivity contribution in [2.75, 3.05) is 5.32 Å². The number of rotatable bonds is 6. The molecule has 28 heavy (non-hydrogen) atoms. The number of nitrogens with zero attached hydrogens (tertiary/aromatic N) is 1. The highest BCUT2D eigenvalue weighted by Crippen LogP contribution is 2.28. The molecule has 0 saturated carbocycles. The quantitative estimate of drug-likeness (QED) is 0.454. The van der Waals surface area contributed by atoms with E-state index >= 15 is 0 Å². The number of hydrogen-bond donors (Lipinski definition) is 1. The first kappa shape index (κ1) is 20.6. The highest BCUT2D eigenvalue weighted by Gasteiger charge is 2.12. The Kier molecular flexibility index (Phi) is 6.88. The Balaban J connectivity index is 1.52. The second-order valence-corrected chi connectivity index (χ2v) is 7.62. The van der Waals surface area contributed by atoms with Gasteiger partial charge in [-0.15, -0.1) is 0 Å². The van der Waals surface area contributed by atoms with Gasteiger partial charge in [0, 0.05) is 22.5 Å². The minimum Gasteiger partial charge on any atom is -0.461 e. The van der Waals surface area contributed by atoms with E-state index in [1.54, 1.807) is 30.5 Å². The summed E-state index contributed by atoms with van der Waals surface area (Å²) >= 11 is 15.2. The number of hydrogen-bond acceptors (Lipinski definition) is 4. The first-order valence-electron chi connectivity index (χ1n) is 8.36. The molecule has 1 aromatic heterocycles. The maximum atomic E-state index is 12.2. The molecule has 0 aliphatic rings. The van der Waals surface area contributed by atoms with Crippen LogP contribution in [0.25, 0.3) is 10.9 Å². The first-order valence-corrected chi connectivity index (χ1v) is 9.91. The van der Waals surface area contributed by atoms with Crippen LogP contribution in [-0.2, 0) is 20.9 Å². The van der Waals surface area contributed by atoms with E-state index in [4.69, 9.17) is 27.9 Å². The van der Waals surface area contributed by atoms with Gasteiger partial charge in [-0.25, -0.2) is 0 Å². The van der Waals surface area contributed by atoms with Crippen molar-refractivity contribution in [2.24, 2.45) is 0 Å². The van der Waals surface area contributed by atoms with E-state index in [0.717, 1.165) is 15.4 Å². The van der Waals surface area contributed by atoms with Crippen molar-refractivity contribution >= 4 is 67.6 Å². The Morgan fingerprint density at radius 2 is 1.89 bits per heavy atom. The molecule has 0 saturated heterocycles. The third kappa shape index (κ3) is 5.22. The van der Waals surface area contributed by atoms with Gasteiger partial charge in [0.05, 0.1) is 27.7 Å². The predicted octanol–water partition coefficient (Wildman–Crippen LogP) is 5.77. The standard InChI is InChI=1S/C20H15BrCl2N2O3/c21-14-4-6-17(20-13(14)2-1-9-24-20)25-18(26)7-8-19(27)28-11-12-3-5-15(22)16(23)10-12/h1-6,9-10H,7-8,11H2,(H,25,26). The van der Waals surface area contributed by atoms with Crippen molar-refractivity contribution in [3.63, 3.8) is 0 Å². The molecule has 3 aromatic rings. The number of nitrogens with one attached hydrogen (secondary N) is 1. The third-order valence-electron chi connectivity index (χ3n) is 3.93. The number of carbonyl (C=O) groups excluding carboxylic acids is 2. The number of ether oxygens (including phenoxy) is 1. The normalized spacial score (nSPS) is 10.7. The lowest BCUT2D eigenvalue weighted by Gasteiger charge is -2.09. The fraction of sp³-hybridized carbons (Fsp3) is 0.150. The van der Waals surface area contributed by atoms with Crippen LogP contribution in [0, 0.1) is 0 Å². The molecule has 2 aromatic carbocycles. The van der Waals surface area contributed by atoms with Crippen LogP contribution in [0.4, 0.5) is 5.69 Å². The van der Waals surface area contributed by atoms with E-state index in [1.807, 2.05) is 18.2 Å². The highest BCUT2D eigenvalue weighted by molar-refractivity contribution is 9.10. The van der Waals surface area contributed by atoms with Crippen molar-refractivity contribution in [1.29, 1.82) is 0 Å². The molecule has 0 aliphatic heterocycles. The van der Waals surface area contributed by atoms with Crippen molar-refractivity contribution in [3.05, 3.63) is 68.7 Å². The van der Waals surface area contributed by atoms with Crippen LogP contribution in [-0.4, -0.2) is 16.9 Å². The summed E-state index contributed by atoms with van der Waals surface area (Å²) < 4.78 is 6.06. The summed E-state index contributed by atoms with van der Waals surface area (Å²) in [5.74, 6) is -0.763. The maximum Gasteiger partial charge on any atom is 0.306 e. The van der Waals surface area contributed by atoms with Gasteiger partial charge in [0.15, 0.2) is 0 Å². The Bertz CT molecular complexity index is 1040. The van der Waals surface area contributed by atoms with E-state index in [1.165, 1.54) is 0 Å². The van der Waals surface area contributed by atoms with Gasteiger partial charge in [0.1, 0.15) is 6.61 Å². The van der Waals surface area contributed by atoms with E-state index in [0.29, 0.717) is 21.2 Å². The maximum absolute atomic E-state index is 12.2. The lowest BCUT2D eigenvalue weighted by molar-refractivity contribution is -0.145. The zero-order valence-corrected chi connectivity index (χ0v) is 17.6. The predicted molar refractivity (Wildman–Crippen MR) is 114 cm³/mol. The van der Waals surface area contributed by atoms with Gasteiger partial charge in [-0.2, -0.15) is 0 Å². The Morgan fingerprint density at radius 1 is 1.07 bits per heavy atom. The molecule has 144 valence electrons. The molecule has 0 bridgehead atoms. The largest absolute Gasteiger partial charge is 0.461 e. The monoisotopic (exact) mass is 480 g/mol. The number of esters is 1. The average Bonchev–Trinajstić information content (AvgIpc) is 2.69. The number of amides is 1. The van der Waals surface area contributed by atoms with Crippen LogP contribution in [0.2, 0.25) is 10.0 Å². The summed E-state index contributed by atoms with van der Waals surface area (Å²) in [6.45, 7) is 0.0681. The summed E-state index contributed by atoms with van der Waals surface area (Å²) in [6.07, 6.45) is 1.63. The number of pyridine rings is 1. The summed E-state index contributed by atoms with van der Waals surface area (Å²) in [4.78, 5) is 28.4.